The molecule has 0 saturated carbocycles. The molecule has 0 N–H and O–H groups in total. The maximum absolute atomic E-state index is 4.08. The fourth-order valence-corrected chi connectivity index (χ4v) is 2.41. The number of nitrogens with zero attached hydrogens (tertiary/aromatic N) is 2. The molecule has 2 nitrogen and oxygen atoms in total. The van der Waals surface area contributed by atoms with Gasteiger partial charge in [-0.3, -0.25) is 4.40 Å². The highest BCUT2D eigenvalue weighted by atomic mass is 32.1. The molecule has 2 rings (SSSR count). The van der Waals surface area contributed by atoms with E-state index in [1.807, 2.05) is 23.9 Å². The molecular formula is C8H10N2S. The number of hydrogen-bond acceptors (Lipinski definition) is 2. The van der Waals surface area contributed by atoms with Crippen LogP contribution in [-0.4, -0.2) is 9.38 Å². The summed E-state index contributed by atoms with van der Waals surface area (Å²) in [6.45, 7) is 4.34. The lowest BCUT2D eigenvalue weighted by Gasteiger charge is -1.93. The Morgan fingerprint density at radius 3 is 3.18 bits per heavy atom. The van der Waals surface area contributed by atoms with Crippen LogP contribution in [0.1, 0.15) is 17.5 Å². The molecule has 0 aliphatic rings. The zero-order valence-electron chi connectivity index (χ0n) is 6.66. The van der Waals surface area contributed by atoms with E-state index in [9.17, 15) is 0 Å². The first-order chi connectivity index (χ1) is 5.33. The van der Waals surface area contributed by atoms with Crippen molar-refractivity contribution < 1.29 is 0 Å². The fourth-order valence-electron chi connectivity index (χ4n) is 1.37. The lowest BCUT2D eigenvalue weighted by molar-refractivity contribution is 0.977. The van der Waals surface area contributed by atoms with Crippen LogP contribution >= 0.6 is 11.3 Å². The average Bonchev–Trinajstić information content (AvgIpc) is 2.46. The topological polar surface area (TPSA) is 17.3 Å². The summed E-state index contributed by atoms with van der Waals surface area (Å²) < 4.78 is 2.17. The Bertz CT molecular complexity index is 372. The third kappa shape index (κ3) is 0.878. The zero-order chi connectivity index (χ0) is 7.84. The maximum Gasteiger partial charge on any atom is 0.119 e. The highest BCUT2D eigenvalue weighted by Crippen LogP contribution is 2.21. The van der Waals surface area contributed by atoms with E-state index in [-0.39, 0.29) is 0 Å². The Morgan fingerprint density at radius 2 is 2.45 bits per heavy atom. The number of hydrogen-bond donors (Lipinski definition) is 0. The van der Waals surface area contributed by atoms with E-state index in [1.54, 1.807) is 0 Å². The molecule has 11 heavy (non-hydrogen) atoms. The number of aryl methyl sites for hydroxylation is 2. The van der Waals surface area contributed by atoms with E-state index >= 15 is 0 Å². The summed E-state index contributed by atoms with van der Waals surface area (Å²) >= 11 is 1.81. The van der Waals surface area contributed by atoms with Gasteiger partial charge >= 0.3 is 0 Å². The van der Waals surface area contributed by atoms with Crippen molar-refractivity contribution in [3.8, 4) is 0 Å². The smallest absolute Gasteiger partial charge is 0.119 e. The second-order valence-electron chi connectivity index (χ2n) is 2.56. The number of rotatable bonds is 1. The molecular weight excluding hydrogens is 156 g/mol. The lowest BCUT2D eigenvalue weighted by atomic mass is 10.3. The van der Waals surface area contributed by atoms with Gasteiger partial charge < -0.3 is 0 Å². The summed E-state index contributed by atoms with van der Waals surface area (Å²) in [5.74, 6) is 0. The SMILES string of the molecule is CCc1c(C)sc2cncn12. The van der Waals surface area contributed by atoms with Crippen molar-refractivity contribution in [2.75, 3.05) is 0 Å². The van der Waals surface area contributed by atoms with Gasteiger partial charge in [-0.05, 0) is 13.3 Å². The highest BCUT2D eigenvalue weighted by Gasteiger charge is 2.05. The Hall–Kier alpha value is -0.830. The fraction of sp³-hybridized carbons (Fsp3) is 0.375. The molecule has 2 aromatic heterocycles. The molecule has 0 aromatic carbocycles. The van der Waals surface area contributed by atoms with Crippen LogP contribution < -0.4 is 0 Å². The normalized spacial score (nSPS) is 11.1. The highest BCUT2D eigenvalue weighted by molar-refractivity contribution is 7.17. The summed E-state index contributed by atoms with van der Waals surface area (Å²) in [5.41, 5.74) is 1.39. The molecule has 0 aliphatic carbocycles. The predicted octanol–water partition coefficient (Wildman–Crippen LogP) is 2.27. The van der Waals surface area contributed by atoms with E-state index in [4.69, 9.17) is 0 Å². The Kier molecular flexibility index (Phi) is 1.46. The Labute approximate surface area is 69.5 Å². The van der Waals surface area contributed by atoms with Crippen LogP contribution in [0.4, 0.5) is 0 Å². The maximum atomic E-state index is 4.08. The lowest BCUT2D eigenvalue weighted by Crippen LogP contribution is -1.88. The van der Waals surface area contributed by atoms with Gasteiger partial charge in [-0.1, -0.05) is 6.92 Å². The van der Waals surface area contributed by atoms with Gasteiger partial charge in [-0.25, -0.2) is 4.98 Å². The Balaban J connectivity index is 2.80. The second kappa shape index (κ2) is 2.34. The van der Waals surface area contributed by atoms with Gasteiger partial charge in [-0.2, -0.15) is 0 Å². The van der Waals surface area contributed by atoms with E-state index in [2.05, 4.69) is 23.2 Å². The summed E-state index contributed by atoms with van der Waals surface area (Å²) in [4.78, 5) is 6.74. The molecule has 0 amide bonds. The monoisotopic (exact) mass is 166 g/mol. The van der Waals surface area contributed by atoms with Crippen LogP contribution in [0, 0.1) is 6.92 Å². The minimum atomic E-state index is 1.09. The summed E-state index contributed by atoms with van der Waals surface area (Å²) in [5, 5.41) is 0. The van der Waals surface area contributed by atoms with E-state index in [0.29, 0.717) is 0 Å². The quantitative estimate of drug-likeness (QED) is 0.635. The van der Waals surface area contributed by atoms with Crippen LogP contribution in [0.25, 0.3) is 4.83 Å². The standard InChI is InChI=1S/C8H10N2S/c1-3-7-6(2)11-8-4-9-5-10(7)8/h4-5H,3H2,1-2H3. The van der Waals surface area contributed by atoms with Gasteiger partial charge in [0.05, 0.1) is 6.20 Å². The average molecular weight is 166 g/mol. The molecule has 3 heteroatoms. The molecule has 2 heterocycles. The van der Waals surface area contributed by atoms with Gasteiger partial charge in [0.1, 0.15) is 11.2 Å². The first-order valence-electron chi connectivity index (χ1n) is 3.73. The van der Waals surface area contributed by atoms with E-state index < -0.39 is 0 Å². The third-order valence-electron chi connectivity index (χ3n) is 1.89. The van der Waals surface area contributed by atoms with E-state index in [1.165, 1.54) is 15.4 Å². The minimum absolute atomic E-state index is 1.09. The molecule has 0 unspecified atom stereocenters. The second-order valence-corrected chi connectivity index (χ2v) is 3.80. The zero-order valence-corrected chi connectivity index (χ0v) is 7.48. The predicted molar refractivity (Wildman–Crippen MR) is 47.2 cm³/mol. The van der Waals surface area contributed by atoms with Crippen molar-refractivity contribution in [3.05, 3.63) is 23.1 Å². The first kappa shape index (κ1) is 6.85. The van der Waals surface area contributed by atoms with Crippen LogP contribution in [0.15, 0.2) is 12.5 Å². The molecule has 0 saturated heterocycles. The van der Waals surface area contributed by atoms with Crippen molar-refractivity contribution in [1.82, 2.24) is 9.38 Å². The number of thiazole rings is 1. The largest absolute Gasteiger partial charge is 0.294 e. The van der Waals surface area contributed by atoms with E-state index in [0.717, 1.165) is 6.42 Å². The molecule has 58 valence electrons. The van der Waals surface area contributed by atoms with Crippen molar-refractivity contribution in [2.45, 2.75) is 20.3 Å². The third-order valence-corrected chi connectivity index (χ3v) is 2.95. The molecule has 0 aliphatic heterocycles. The molecule has 0 fully saturated rings. The minimum Gasteiger partial charge on any atom is -0.294 e. The molecule has 0 radical (unpaired) electrons. The van der Waals surface area contributed by atoms with Gasteiger partial charge in [0, 0.05) is 10.6 Å². The van der Waals surface area contributed by atoms with Crippen LogP contribution in [0.2, 0.25) is 0 Å². The number of fused-ring (bicyclic) bond motifs is 1. The van der Waals surface area contributed by atoms with Crippen molar-refractivity contribution in [3.63, 3.8) is 0 Å². The van der Waals surface area contributed by atoms with Gasteiger partial charge in [0.2, 0.25) is 0 Å². The van der Waals surface area contributed by atoms with Crippen LogP contribution in [0.5, 0.6) is 0 Å². The molecule has 0 bridgehead atoms. The summed E-state index contributed by atoms with van der Waals surface area (Å²) in [6, 6.07) is 0. The molecule has 2 aromatic rings. The van der Waals surface area contributed by atoms with Crippen LogP contribution in [-0.2, 0) is 6.42 Å². The van der Waals surface area contributed by atoms with Gasteiger partial charge in [0.25, 0.3) is 0 Å². The molecule has 0 atom stereocenters. The number of imidazole rings is 1. The molecule has 0 spiro atoms. The number of aromatic nitrogens is 2. The van der Waals surface area contributed by atoms with Gasteiger partial charge in [0.15, 0.2) is 0 Å². The summed E-state index contributed by atoms with van der Waals surface area (Å²) in [7, 11) is 0. The van der Waals surface area contributed by atoms with Crippen molar-refractivity contribution in [1.29, 1.82) is 0 Å². The van der Waals surface area contributed by atoms with Gasteiger partial charge in [-0.15, -0.1) is 11.3 Å². The van der Waals surface area contributed by atoms with Crippen LogP contribution in [0.3, 0.4) is 0 Å². The Morgan fingerprint density at radius 1 is 1.64 bits per heavy atom. The van der Waals surface area contributed by atoms with Crippen molar-refractivity contribution >= 4 is 16.2 Å². The first-order valence-corrected chi connectivity index (χ1v) is 4.55. The van der Waals surface area contributed by atoms with Crippen molar-refractivity contribution in [2.24, 2.45) is 0 Å². The summed E-state index contributed by atoms with van der Waals surface area (Å²) in [6.07, 6.45) is 4.89.